The molecule has 0 radical (unpaired) electrons. The van der Waals surface area contributed by atoms with Gasteiger partial charge in [0.25, 0.3) is 15.8 Å². The van der Waals surface area contributed by atoms with E-state index in [4.69, 9.17) is 4.74 Å². The lowest BCUT2D eigenvalue weighted by atomic mass is 9.97. The second kappa shape index (κ2) is 15.4. The fourth-order valence-electron chi connectivity index (χ4n) is 7.74. The number of para-hydroxylation sites is 1. The molecule has 49 heavy (non-hydrogen) atoms. The lowest BCUT2D eigenvalue weighted by Gasteiger charge is -2.40. The van der Waals surface area contributed by atoms with Crippen molar-refractivity contribution in [3.05, 3.63) is 40.7 Å². The number of nitrogens with zero attached hydrogens (tertiary/aromatic N) is 6. The van der Waals surface area contributed by atoms with Crippen molar-refractivity contribution in [1.82, 2.24) is 33.2 Å². The zero-order valence-corrected chi connectivity index (χ0v) is 30.4. The van der Waals surface area contributed by atoms with Gasteiger partial charge >= 0.3 is 6.09 Å². The Morgan fingerprint density at radius 1 is 1.06 bits per heavy atom. The van der Waals surface area contributed by atoms with Gasteiger partial charge in [-0.1, -0.05) is 18.2 Å². The van der Waals surface area contributed by atoms with Gasteiger partial charge in [-0.05, 0) is 65.1 Å². The van der Waals surface area contributed by atoms with Crippen LogP contribution in [0.2, 0.25) is 0 Å². The number of amides is 2. The van der Waals surface area contributed by atoms with Gasteiger partial charge in [-0.3, -0.25) is 14.5 Å². The molecule has 3 aliphatic heterocycles. The number of hydrogen-bond donors (Lipinski definition) is 2. The van der Waals surface area contributed by atoms with Crippen molar-refractivity contribution in [3.63, 3.8) is 0 Å². The smallest absolute Gasteiger partial charge is 0.404 e. The number of carbonyl (C=O) groups excluding carboxylic acids is 2. The van der Waals surface area contributed by atoms with Gasteiger partial charge in [0.2, 0.25) is 5.91 Å². The molecule has 2 aromatic rings. The first-order valence-electron chi connectivity index (χ1n) is 17.4. The molecular formula is C34H53N7O7S. The van der Waals surface area contributed by atoms with Crippen molar-refractivity contribution >= 4 is 33.1 Å². The maximum absolute atomic E-state index is 13.2. The van der Waals surface area contributed by atoms with E-state index in [0.717, 1.165) is 30.2 Å². The number of pyridine rings is 1. The van der Waals surface area contributed by atoms with Gasteiger partial charge in [-0.15, -0.1) is 0 Å². The summed E-state index contributed by atoms with van der Waals surface area (Å²) >= 11 is 0. The number of aromatic nitrogens is 1. The lowest BCUT2D eigenvalue weighted by molar-refractivity contribution is -0.130. The lowest BCUT2D eigenvalue weighted by Crippen LogP contribution is -2.54. The summed E-state index contributed by atoms with van der Waals surface area (Å²) in [5.41, 5.74) is 0.440. The first kappa shape index (κ1) is 37.2. The van der Waals surface area contributed by atoms with E-state index in [9.17, 15) is 27.9 Å². The molecule has 1 aromatic carbocycles. The van der Waals surface area contributed by atoms with Crippen LogP contribution < -0.4 is 15.6 Å². The number of likely N-dealkylation sites (N-methyl/N-ethyl adjacent to an activating group) is 1. The molecule has 2 amide bonds. The van der Waals surface area contributed by atoms with E-state index < -0.39 is 22.4 Å². The van der Waals surface area contributed by atoms with E-state index in [1.807, 2.05) is 45.2 Å². The molecule has 3 saturated heterocycles. The van der Waals surface area contributed by atoms with Crippen LogP contribution in [0.1, 0.15) is 58.9 Å². The van der Waals surface area contributed by atoms with Gasteiger partial charge < -0.3 is 29.5 Å². The van der Waals surface area contributed by atoms with E-state index in [2.05, 4.69) is 15.1 Å². The molecule has 2 unspecified atom stereocenters. The Bertz CT molecular complexity index is 1650. The van der Waals surface area contributed by atoms with Crippen LogP contribution in [-0.2, 0) is 15.0 Å². The number of aliphatic hydroxyl groups excluding tert-OH is 1. The van der Waals surface area contributed by atoms with Gasteiger partial charge in [0.05, 0.1) is 11.6 Å². The molecule has 14 nitrogen and oxygen atoms in total. The van der Waals surface area contributed by atoms with Crippen LogP contribution in [0.15, 0.2) is 35.1 Å². The molecule has 3 fully saturated rings. The van der Waals surface area contributed by atoms with Gasteiger partial charge in [-0.2, -0.15) is 17.0 Å². The predicted molar refractivity (Wildman–Crippen MR) is 188 cm³/mol. The molecule has 2 N–H and O–H groups in total. The average Bonchev–Trinajstić information content (AvgIpc) is 3.62. The van der Waals surface area contributed by atoms with Crippen LogP contribution in [-0.4, -0.2) is 144 Å². The Labute approximate surface area is 289 Å². The number of rotatable bonds is 13. The van der Waals surface area contributed by atoms with Crippen molar-refractivity contribution < 1.29 is 27.9 Å². The van der Waals surface area contributed by atoms with Crippen LogP contribution in [0.5, 0.6) is 5.75 Å². The molecular weight excluding hydrogens is 650 g/mol. The standard InChI is InChI=1S/C34H53N7O7S/c1-23(2)41-31-10-8-7-9-25(31)17-32(33(41)44)48-34(45)35-26-18-27-11-12-28(19-26)40(27)22-30(43)21-38(24(3)42)16-15-37(6)29-13-14-39(20-29)49(46,47)36(4)5/h7-10,17,23,26-30,43H,11-16,18-22H2,1-6H3,(H,35,45)/t26-,27-,28+,29?,30?. The summed E-state index contributed by atoms with van der Waals surface area (Å²) in [6.07, 6.45) is 2.65. The monoisotopic (exact) mass is 703 g/mol. The Kier molecular flexibility index (Phi) is 11.7. The van der Waals surface area contributed by atoms with E-state index in [1.54, 1.807) is 15.5 Å². The summed E-state index contributed by atoms with van der Waals surface area (Å²) in [5, 5.41) is 14.9. The molecule has 4 heterocycles. The Morgan fingerprint density at radius 3 is 2.37 bits per heavy atom. The number of nitrogens with one attached hydrogen (secondary N) is 1. The molecule has 272 valence electrons. The van der Waals surface area contributed by atoms with Gasteiger partial charge in [0, 0.05) is 95.9 Å². The van der Waals surface area contributed by atoms with Crippen LogP contribution in [0, 0.1) is 0 Å². The third-order valence-corrected chi connectivity index (χ3v) is 12.3. The summed E-state index contributed by atoms with van der Waals surface area (Å²) < 4.78 is 35.0. The number of fused-ring (bicyclic) bond motifs is 3. The maximum Gasteiger partial charge on any atom is 0.413 e. The molecule has 5 rings (SSSR count). The van der Waals surface area contributed by atoms with Crippen molar-refractivity contribution in [2.24, 2.45) is 0 Å². The Balaban J connectivity index is 1.11. The quantitative estimate of drug-likeness (QED) is 0.318. The van der Waals surface area contributed by atoms with E-state index in [1.165, 1.54) is 29.6 Å². The van der Waals surface area contributed by atoms with Crippen molar-refractivity contribution in [3.8, 4) is 5.75 Å². The molecule has 2 bridgehead atoms. The molecule has 15 heteroatoms. The van der Waals surface area contributed by atoms with E-state index in [0.29, 0.717) is 45.6 Å². The maximum atomic E-state index is 13.2. The highest BCUT2D eigenvalue weighted by Crippen LogP contribution is 2.36. The minimum Gasteiger partial charge on any atom is -0.404 e. The number of benzene rings is 1. The third-order valence-electron chi connectivity index (χ3n) is 10.4. The first-order valence-corrected chi connectivity index (χ1v) is 18.7. The number of ether oxygens (including phenoxy) is 1. The third kappa shape index (κ3) is 8.46. The average molecular weight is 704 g/mol. The second-order valence-corrected chi connectivity index (χ2v) is 16.5. The topological polar surface area (TPSA) is 148 Å². The molecule has 5 atom stereocenters. The zero-order valence-electron chi connectivity index (χ0n) is 29.6. The summed E-state index contributed by atoms with van der Waals surface area (Å²) in [7, 11) is 1.55. The largest absolute Gasteiger partial charge is 0.413 e. The molecule has 3 aliphatic rings. The SMILES string of the molecule is CC(=O)N(CCN(C)C1CCN(S(=O)(=O)N(C)C)C1)CC(O)CN1[C@@H]2CC[C@H]1C[C@H](NC(=O)Oc1cc3ccccc3n(C(C)C)c1=O)C2. The fraction of sp³-hybridized carbons (Fsp3) is 0.676. The normalized spacial score (nSPS) is 23.9. The number of carbonyl (C=O) groups is 2. The summed E-state index contributed by atoms with van der Waals surface area (Å²) in [6.45, 7) is 7.85. The zero-order chi connectivity index (χ0) is 35.6. The highest BCUT2D eigenvalue weighted by Gasteiger charge is 2.42. The van der Waals surface area contributed by atoms with Gasteiger partial charge in [0.15, 0.2) is 5.75 Å². The van der Waals surface area contributed by atoms with Crippen LogP contribution >= 0.6 is 0 Å². The summed E-state index contributed by atoms with van der Waals surface area (Å²) in [4.78, 5) is 44.8. The minimum absolute atomic E-state index is 0.00265. The van der Waals surface area contributed by atoms with Crippen molar-refractivity contribution in [2.75, 3.05) is 60.4 Å². The van der Waals surface area contributed by atoms with E-state index >= 15 is 0 Å². The first-order chi connectivity index (χ1) is 23.1. The Morgan fingerprint density at radius 2 is 1.73 bits per heavy atom. The van der Waals surface area contributed by atoms with Crippen LogP contribution in [0.3, 0.4) is 0 Å². The van der Waals surface area contributed by atoms with Crippen molar-refractivity contribution in [1.29, 1.82) is 0 Å². The number of piperidine rings is 1. The second-order valence-electron chi connectivity index (χ2n) is 14.3. The Hall–Kier alpha value is -3.08. The summed E-state index contributed by atoms with van der Waals surface area (Å²) in [6, 6.07) is 9.34. The molecule has 1 aromatic heterocycles. The molecule has 0 saturated carbocycles. The predicted octanol–water partition coefficient (Wildman–Crippen LogP) is 1.69. The van der Waals surface area contributed by atoms with Gasteiger partial charge in [-0.25, -0.2) is 4.79 Å². The minimum atomic E-state index is -3.46. The molecule has 0 aliphatic carbocycles. The fourth-order valence-corrected chi connectivity index (χ4v) is 8.90. The summed E-state index contributed by atoms with van der Waals surface area (Å²) in [5.74, 6) is -0.122. The highest BCUT2D eigenvalue weighted by atomic mass is 32.2. The highest BCUT2D eigenvalue weighted by molar-refractivity contribution is 7.86. The number of aliphatic hydroxyl groups is 1. The molecule has 0 spiro atoms. The van der Waals surface area contributed by atoms with Crippen molar-refractivity contribution in [2.45, 2.75) is 89.2 Å². The van der Waals surface area contributed by atoms with Gasteiger partial charge in [0.1, 0.15) is 0 Å². The number of hydrogen-bond acceptors (Lipinski definition) is 9. The van der Waals surface area contributed by atoms with Crippen LogP contribution in [0.25, 0.3) is 10.9 Å². The van der Waals surface area contributed by atoms with E-state index in [-0.39, 0.29) is 54.0 Å². The van der Waals surface area contributed by atoms with Crippen LogP contribution in [0.4, 0.5) is 4.79 Å².